The molecule has 0 amide bonds. The molecule has 0 saturated carbocycles. The molecule has 1 aromatic carbocycles. The van der Waals surface area contributed by atoms with E-state index in [1.54, 1.807) is 30.4 Å². The number of rotatable bonds is 5. The van der Waals surface area contributed by atoms with Gasteiger partial charge in [0.25, 0.3) is 5.17 Å². The first-order valence-corrected chi connectivity index (χ1v) is 7.77. The van der Waals surface area contributed by atoms with Crippen LogP contribution in [0, 0.1) is 5.41 Å². The Balaban J connectivity index is 1.99. The van der Waals surface area contributed by atoms with Gasteiger partial charge in [0.1, 0.15) is 30.5 Å². The van der Waals surface area contributed by atoms with Crippen molar-refractivity contribution in [3.05, 3.63) is 43.0 Å². The minimum Gasteiger partial charge on any atom is -0.497 e. The maximum atomic E-state index is 5.93. The van der Waals surface area contributed by atoms with Crippen LogP contribution in [-0.4, -0.2) is 34.5 Å². The molecule has 0 aliphatic rings. The molecule has 0 spiro atoms. The van der Waals surface area contributed by atoms with Gasteiger partial charge in [-0.25, -0.2) is 4.98 Å². The first-order chi connectivity index (χ1) is 10.9. The molecule has 0 aliphatic carbocycles. The lowest BCUT2D eigenvalue weighted by atomic mass is 9.89. The van der Waals surface area contributed by atoms with Crippen molar-refractivity contribution in [1.82, 2.24) is 9.55 Å². The van der Waals surface area contributed by atoms with Gasteiger partial charge in [0, 0.05) is 17.8 Å². The second-order valence-electron chi connectivity index (χ2n) is 6.19. The largest absolute Gasteiger partial charge is 0.497 e. The summed E-state index contributed by atoms with van der Waals surface area (Å²) in [6, 6.07) is 7.45. The van der Waals surface area contributed by atoms with Crippen molar-refractivity contribution in [2.45, 2.75) is 26.9 Å². The van der Waals surface area contributed by atoms with Gasteiger partial charge in [-0.05, 0) is 36.5 Å². The maximum absolute atomic E-state index is 5.93. The SMILES string of the molecule is COc1ccc(OC[C@H](OC(=S)n2ccnc2)C(C)(C)C)cc1. The molecular formula is C17H22N2O3S. The second kappa shape index (κ2) is 7.46. The topological polar surface area (TPSA) is 45.5 Å². The number of imidazole rings is 1. The van der Waals surface area contributed by atoms with Crippen molar-refractivity contribution in [2.75, 3.05) is 13.7 Å². The number of thiocarbonyl (C=S) groups is 1. The zero-order chi connectivity index (χ0) is 16.9. The lowest BCUT2D eigenvalue weighted by Gasteiger charge is -2.31. The Morgan fingerprint density at radius 3 is 2.39 bits per heavy atom. The summed E-state index contributed by atoms with van der Waals surface area (Å²) < 4.78 is 18.6. The molecule has 0 aliphatic heterocycles. The zero-order valence-electron chi connectivity index (χ0n) is 13.9. The smallest absolute Gasteiger partial charge is 0.269 e. The van der Waals surface area contributed by atoms with Gasteiger partial charge in [-0.3, -0.25) is 4.57 Å². The van der Waals surface area contributed by atoms with E-state index in [1.807, 2.05) is 24.3 Å². The first-order valence-electron chi connectivity index (χ1n) is 7.36. The van der Waals surface area contributed by atoms with Crippen LogP contribution in [0.5, 0.6) is 11.5 Å². The molecule has 0 radical (unpaired) electrons. The fourth-order valence-electron chi connectivity index (χ4n) is 1.85. The quantitative estimate of drug-likeness (QED) is 0.783. The van der Waals surface area contributed by atoms with Crippen LogP contribution in [0.4, 0.5) is 0 Å². The molecule has 0 saturated heterocycles. The summed E-state index contributed by atoms with van der Waals surface area (Å²) in [6.07, 6.45) is 4.84. The van der Waals surface area contributed by atoms with Gasteiger partial charge in [0.05, 0.1) is 7.11 Å². The van der Waals surface area contributed by atoms with Gasteiger partial charge in [-0.1, -0.05) is 20.8 Å². The third-order valence-corrected chi connectivity index (χ3v) is 3.69. The van der Waals surface area contributed by atoms with E-state index in [9.17, 15) is 0 Å². The molecule has 23 heavy (non-hydrogen) atoms. The van der Waals surface area contributed by atoms with Gasteiger partial charge >= 0.3 is 0 Å². The van der Waals surface area contributed by atoms with Gasteiger partial charge < -0.3 is 14.2 Å². The second-order valence-corrected chi connectivity index (χ2v) is 6.54. The standard InChI is InChI=1S/C17H22N2O3S/c1-17(2,3)15(22-16(23)19-10-9-18-12-19)11-21-14-7-5-13(20-4)6-8-14/h5-10,12,15H,11H2,1-4H3/t15-/m0/s1. The van der Waals surface area contributed by atoms with Crippen LogP contribution in [0.15, 0.2) is 43.0 Å². The minimum absolute atomic E-state index is 0.128. The van der Waals surface area contributed by atoms with Gasteiger partial charge in [0.15, 0.2) is 0 Å². The summed E-state index contributed by atoms with van der Waals surface area (Å²) in [5, 5.41) is 0.362. The highest BCUT2D eigenvalue weighted by atomic mass is 32.1. The summed E-state index contributed by atoms with van der Waals surface area (Å²) in [6.45, 7) is 6.66. The number of hydrogen-bond donors (Lipinski definition) is 0. The van der Waals surface area contributed by atoms with Gasteiger partial charge in [-0.2, -0.15) is 0 Å². The van der Waals surface area contributed by atoms with Crippen molar-refractivity contribution in [1.29, 1.82) is 0 Å². The number of methoxy groups -OCH3 is 1. The molecule has 0 bridgehead atoms. The molecular weight excluding hydrogens is 312 g/mol. The normalized spacial score (nSPS) is 12.5. The highest BCUT2D eigenvalue weighted by Crippen LogP contribution is 2.25. The van der Waals surface area contributed by atoms with E-state index in [0.717, 1.165) is 11.5 Å². The third-order valence-electron chi connectivity index (χ3n) is 3.39. The van der Waals surface area contributed by atoms with Crippen LogP contribution < -0.4 is 9.47 Å². The van der Waals surface area contributed by atoms with E-state index in [1.165, 1.54) is 0 Å². The molecule has 2 rings (SSSR count). The van der Waals surface area contributed by atoms with Gasteiger partial charge in [0.2, 0.25) is 0 Å². The Bertz CT molecular complexity index is 618. The molecule has 2 aromatic rings. The van der Waals surface area contributed by atoms with Crippen molar-refractivity contribution in [2.24, 2.45) is 5.41 Å². The summed E-state index contributed by atoms with van der Waals surface area (Å²) in [5.74, 6) is 1.56. The van der Waals surface area contributed by atoms with Crippen LogP contribution in [-0.2, 0) is 4.74 Å². The number of nitrogens with zero attached hydrogens (tertiary/aromatic N) is 2. The van der Waals surface area contributed by atoms with E-state index in [0.29, 0.717) is 11.8 Å². The van der Waals surface area contributed by atoms with Crippen molar-refractivity contribution in [3.8, 4) is 11.5 Å². The third kappa shape index (κ3) is 4.96. The van der Waals surface area contributed by atoms with E-state index in [4.69, 9.17) is 26.4 Å². The van der Waals surface area contributed by atoms with Crippen LogP contribution in [0.1, 0.15) is 20.8 Å². The number of ether oxygens (including phenoxy) is 3. The highest BCUT2D eigenvalue weighted by Gasteiger charge is 2.28. The lowest BCUT2D eigenvalue weighted by molar-refractivity contribution is 0.0321. The molecule has 0 N–H and O–H groups in total. The Kier molecular flexibility index (Phi) is 5.60. The molecule has 0 unspecified atom stereocenters. The molecule has 0 fully saturated rings. The highest BCUT2D eigenvalue weighted by molar-refractivity contribution is 7.80. The number of hydrogen-bond acceptors (Lipinski definition) is 5. The lowest BCUT2D eigenvalue weighted by Crippen LogP contribution is -2.37. The fraction of sp³-hybridized carbons (Fsp3) is 0.412. The monoisotopic (exact) mass is 334 g/mol. The van der Waals surface area contributed by atoms with E-state index < -0.39 is 0 Å². The number of aromatic nitrogens is 2. The molecule has 6 heteroatoms. The Hall–Kier alpha value is -2.08. The predicted octanol–water partition coefficient (Wildman–Crippen LogP) is 3.54. The first kappa shape index (κ1) is 17.3. The summed E-state index contributed by atoms with van der Waals surface area (Å²) >= 11 is 5.31. The molecule has 1 aromatic heterocycles. The van der Waals surface area contributed by atoms with E-state index >= 15 is 0 Å². The molecule has 5 nitrogen and oxygen atoms in total. The predicted molar refractivity (Wildman–Crippen MR) is 93.0 cm³/mol. The molecule has 124 valence electrons. The maximum Gasteiger partial charge on any atom is 0.269 e. The minimum atomic E-state index is -0.195. The zero-order valence-corrected chi connectivity index (χ0v) is 14.7. The van der Waals surface area contributed by atoms with Crippen molar-refractivity contribution >= 4 is 17.4 Å². The van der Waals surface area contributed by atoms with E-state index in [-0.39, 0.29) is 11.5 Å². The summed E-state index contributed by atoms with van der Waals surface area (Å²) in [5.41, 5.74) is -0.128. The van der Waals surface area contributed by atoms with Gasteiger partial charge in [-0.15, -0.1) is 0 Å². The van der Waals surface area contributed by atoms with Crippen LogP contribution in [0.25, 0.3) is 0 Å². The van der Waals surface area contributed by atoms with Crippen LogP contribution in [0.2, 0.25) is 0 Å². The average molecular weight is 334 g/mol. The van der Waals surface area contributed by atoms with Crippen molar-refractivity contribution in [3.63, 3.8) is 0 Å². The molecule has 1 atom stereocenters. The summed E-state index contributed by atoms with van der Waals surface area (Å²) in [4.78, 5) is 3.97. The van der Waals surface area contributed by atoms with Crippen LogP contribution >= 0.6 is 12.2 Å². The Morgan fingerprint density at radius 1 is 1.22 bits per heavy atom. The number of benzene rings is 1. The summed E-state index contributed by atoms with van der Waals surface area (Å²) in [7, 11) is 1.64. The van der Waals surface area contributed by atoms with E-state index in [2.05, 4.69) is 25.8 Å². The Morgan fingerprint density at radius 2 is 1.87 bits per heavy atom. The average Bonchev–Trinajstić information content (AvgIpc) is 3.05. The van der Waals surface area contributed by atoms with Crippen molar-refractivity contribution < 1.29 is 14.2 Å². The Labute approximate surface area is 142 Å². The van der Waals surface area contributed by atoms with Crippen LogP contribution in [0.3, 0.4) is 0 Å². The fourth-order valence-corrected chi connectivity index (χ4v) is 2.08. The molecule has 1 heterocycles.